The summed E-state index contributed by atoms with van der Waals surface area (Å²) in [5.74, 6) is -0.869. The molecule has 44 heavy (non-hydrogen) atoms. The number of carbonyl (C=O) groups excluding carboxylic acids is 2. The molecular formula is C34H35BrClN3O4S. The summed E-state index contributed by atoms with van der Waals surface area (Å²) in [6.07, 6.45) is 0.944. The van der Waals surface area contributed by atoms with Crippen LogP contribution in [0.25, 0.3) is 0 Å². The van der Waals surface area contributed by atoms with Crippen LogP contribution in [0.3, 0.4) is 0 Å². The molecule has 7 nitrogen and oxygen atoms in total. The van der Waals surface area contributed by atoms with Crippen molar-refractivity contribution in [2.75, 3.05) is 10.8 Å². The third-order valence-corrected chi connectivity index (χ3v) is 9.83. The van der Waals surface area contributed by atoms with E-state index < -0.39 is 28.5 Å². The quantitative estimate of drug-likeness (QED) is 0.166. The number of hydrogen-bond acceptors (Lipinski definition) is 4. The van der Waals surface area contributed by atoms with Crippen molar-refractivity contribution < 1.29 is 18.0 Å². The second-order valence-electron chi connectivity index (χ2n) is 10.5. The second-order valence-corrected chi connectivity index (χ2v) is 13.6. The van der Waals surface area contributed by atoms with Gasteiger partial charge in [-0.05, 0) is 60.9 Å². The molecule has 0 spiro atoms. The Kier molecular flexibility index (Phi) is 11.6. The van der Waals surface area contributed by atoms with Gasteiger partial charge in [-0.2, -0.15) is 0 Å². The van der Waals surface area contributed by atoms with Crippen molar-refractivity contribution in [2.45, 2.75) is 50.2 Å². The Morgan fingerprint density at radius 2 is 1.48 bits per heavy atom. The number of anilines is 1. The third kappa shape index (κ3) is 8.49. The van der Waals surface area contributed by atoms with Gasteiger partial charge in [0, 0.05) is 23.5 Å². The van der Waals surface area contributed by atoms with Gasteiger partial charge in [-0.25, -0.2) is 8.42 Å². The normalized spacial score (nSPS) is 12.6. The molecule has 0 saturated carbocycles. The van der Waals surface area contributed by atoms with E-state index in [1.165, 1.54) is 17.0 Å². The average Bonchev–Trinajstić information content (AvgIpc) is 3.02. The zero-order valence-electron chi connectivity index (χ0n) is 24.6. The van der Waals surface area contributed by atoms with E-state index in [2.05, 4.69) is 21.2 Å². The molecule has 4 aromatic carbocycles. The van der Waals surface area contributed by atoms with Crippen LogP contribution < -0.4 is 9.62 Å². The second kappa shape index (κ2) is 15.4. The van der Waals surface area contributed by atoms with Crippen molar-refractivity contribution in [3.63, 3.8) is 0 Å². The molecular weight excluding hydrogens is 662 g/mol. The minimum Gasteiger partial charge on any atom is -0.352 e. The minimum absolute atomic E-state index is 0.0154. The highest BCUT2D eigenvalue weighted by Gasteiger charge is 2.35. The fraction of sp³-hybridized carbons (Fsp3) is 0.235. The Bertz CT molecular complexity index is 1670. The van der Waals surface area contributed by atoms with Crippen molar-refractivity contribution in [3.05, 3.63) is 130 Å². The SMILES string of the molecule is CCC(C)NC(=O)C(Cc1ccccc1)N(Cc1cccc(Br)c1)C(=O)CN(c1ccccc1Cl)S(=O)(=O)c1ccccc1. The van der Waals surface area contributed by atoms with Crippen molar-refractivity contribution >= 4 is 55.1 Å². The maximum atomic E-state index is 14.5. The van der Waals surface area contributed by atoms with Crippen LogP contribution in [0.1, 0.15) is 31.4 Å². The van der Waals surface area contributed by atoms with E-state index in [4.69, 9.17) is 11.6 Å². The largest absolute Gasteiger partial charge is 0.352 e. The number of amides is 2. The van der Waals surface area contributed by atoms with E-state index in [1.807, 2.05) is 68.4 Å². The van der Waals surface area contributed by atoms with Gasteiger partial charge < -0.3 is 10.2 Å². The van der Waals surface area contributed by atoms with E-state index in [1.54, 1.807) is 42.5 Å². The van der Waals surface area contributed by atoms with Gasteiger partial charge in [0.15, 0.2) is 0 Å². The standard InChI is InChI=1S/C34H35BrClN3O4S/c1-3-25(2)37-34(41)32(22-26-13-6-4-7-14-26)38(23-27-15-12-16-28(35)21-27)33(40)24-39(31-20-11-10-19-30(31)36)44(42,43)29-17-8-5-9-18-29/h4-21,25,32H,3,22-24H2,1-2H3,(H,37,41). The maximum Gasteiger partial charge on any atom is 0.264 e. The van der Waals surface area contributed by atoms with Crippen molar-refractivity contribution in [1.29, 1.82) is 0 Å². The Hall–Kier alpha value is -3.66. The smallest absolute Gasteiger partial charge is 0.264 e. The molecule has 0 aliphatic carbocycles. The van der Waals surface area contributed by atoms with Crippen LogP contribution >= 0.6 is 27.5 Å². The Morgan fingerprint density at radius 3 is 2.11 bits per heavy atom. The highest BCUT2D eigenvalue weighted by molar-refractivity contribution is 9.10. The predicted molar refractivity (Wildman–Crippen MR) is 179 cm³/mol. The average molecular weight is 697 g/mol. The van der Waals surface area contributed by atoms with Gasteiger partial charge >= 0.3 is 0 Å². The number of para-hydroxylation sites is 1. The number of sulfonamides is 1. The third-order valence-electron chi connectivity index (χ3n) is 7.25. The molecule has 2 unspecified atom stereocenters. The molecule has 2 atom stereocenters. The van der Waals surface area contributed by atoms with Gasteiger partial charge in [0.2, 0.25) is 11.8 Å². The maximum absolute atomic E-state index is 14.5. The molecule has 0 saturated heterocycles. The lowest BCUT2D eigenvalue weighted by Crippen LogP contribution is -2.54. The lowest BCUT2D eigenvalue weighted by atomic mass is 10.0. The highest BCUT2D eigenvalue weighted by Crippen LogP contribution is 2.31. The molecule has 2 amide bonds. The fourth-order valence-electron chi connectivity index (χ4n) is 4.71. The molecule has 0 aromatic heterocycles. The van der Waals surface area contributed by atoms with E-state index >= 15 is 0 Å². The Balaban J connectivity index is 1.81. The molecule has 0 heterocycles. The molecule has 4 aromatic rings. The van der Waals surface area contributed by atoms with E-state index in [0.29, 0.717) is 6.42 Å². The van der Waals surface area contributed by atoms with Gasteiger partial charge in [0.05, 0.1) is 15.6 Å². The summed E-state index contributed by atoms with van der Waals surface area (Å²) in [6, 6.07) is 30.3. The summed E-state index contributed by atoms with van der Waals surface area (Å²) < 4.78 is 29.9. The summed E-state index contributed by atoms with van der Waals surface area (Å²) in [4.78, 5) is 29.8. The first-order chi connectivity index (χ1) is 21.1. The molecule has 10 heteroatoms. The molecule has 0 aliphatic heterocycles. The molecule has 230 valence electrons. The zero-order chi connectivity index (χ0) is 31.7. The Morgan fingerprint density at radius 1 is 0.864 bits per heavy atom. The Labute approximate surface area is 273 Å². The van der Waals surface area contributed by atoms with E-state index in [-0.39, 0.29) is 40.5 Å². The fourth-order valence-corrected chi connectivity index (χ4v) is 6.90. The minimum atomic E-state index is -4.22. The first-order valence-electron chi connectivity index (χ1n) is 14.3. The summed E-state index contributed by atoms with van der Waals surface area (Å²) in [7, 11) is -4.22. The topological polar surface area (TPSA) is 86.8 Å². The number of nitrogens with zero attached hydrogens (tertiary/aromatic N) is 2. The number of benzene rings is 4. The summed E-state index contributed by atoms with van der Waals surface area (Å²) >= 11 is 10.0. The lowest BCUT2D eigenvalue weighted by Gasteiger charge is -2.34. The first kappa shape index (κ1) is 33.2. The van der Waals surface area contributed by atoms with Crippen LogP contribution in [-0.4, -0.2) is 43.8 Å². The zero-order valence-corrected chi connectivity index (χ0v) is 27.7. The molecule has 0 bridgehead atoms. The van der Waals surface area contributed by atoms with Crippen molar-refractivity contribution in [1.82, 2.24) is 10.2 Å². The summed E-state index contributed by atoms with van der Waals surface area (Å²) in [5, 5.41) is 3.21. The predicted octanol–water partition coefficient (Wildman–Crippen LogP) is 6.85. The van der Waals surface area contributed by atoms with Crippen LogP contribution in [0.5, 0.6) is 0 Å². The number of rotatable bonds is 13. The molecule has 0 fully saturated rings. The van der Waals surface area contributed by atoms with Gasteiger partial charge in [0.25, 0.3) is 10.0 Å². The molecule has 4 rings (SSSR count). The van der Waals surface area contributed by atoms with Gasteiger partial charge in [-0.3, -0.25) is 13.9 Å². The lowest BCUT2D eigenvalue weighted by molar-refractivity contribution is -0.140. The van der Waals surface area contributed by atoms with E-state index in [0.717, 1.165) is 19.9 Å². The molecule has 0 radical (unpaired) electrons. The number of hydrogen-bond donors (Lipinski definition) is 1. The molecule has 1 N–H and O–H groups in total. The highest BCUT2D eigenvalue weighted by atomic mass is 79.9. The van der Waals surface area contributed by atoms with Gasteiger partial charge in [-0.15, -0.1) is 0 Å². The van der Waals surface area contributed by atoms with Crippen LogP contribution in [0.15, 0.2) is 119 Å². The number of carbonyl (C=O) groups is 2. The first-order valence-corrected chi connectivity index (χ1v) is 16.9. The number of nitrogens with one attached hydrogen (secondary N) is 1. The molecule has 0 aliphatic rings. The van der Waals surface area contributed by atoms with Crippen LogP contribution in [0, 0.1) is 0 Å². The van der Waals surface area contributed by atoms with Crippen LogP contribution in [0.2, 0.25) is 5.02 Å². The van der Waals surface area contributed by atoms with E-state index in [9.17, 15) is 18.0 Å². The monoisotopic (exact) mass is 695 g/mol. The van der Waals surface area contributed by atoms with Gasteiger partial charge in [0.1, 0.15) is 12.6 Å². The van der Waals surface area contributed by atoms with Crippen molar-refractivity contribution in [3.8, 4) is 0 Å². The van der Waals surface area contributed by atoms with Crippen molar-refractivity contribution in [2.24, 2.45) is 0 Å². The number of halogens is 2. The van der Waals surface area contributed by atoms with Crippen LogP contribution in [-0.2, 0) is 32.6 Å². The van der Waals surface area contributed by atoms with Gasteiger partial charge in [-0.1, -0.05) is 107 Å². The summed E-state index contributed by atoms with van der Waals surface area (Å²) in [5.41, 5.74) is 1.80. The summed E-state index contributed by atoms with van der Waals surface area (Å²) in [6.45, 7) is 3.38. The van der Waals surface area contributed by atoms with Crippen LogP contribution in [0.4, 0.5) is 5.69 Å².